The third kappa shape index (κ3) is 3.27. The topological polar surface area (TPSA) is 59.0 Å². The third-order valence-electron chi connectivity index (χ3n) is 6.01. The molecule has 1 unspecified atom stereocenters. The number of carbonyl (C=O) groups excluding carboxylic acids is 1. The lowest BCUT2D eigenvalue weighted by Gasteiger charge is -2.24. The van der Waals surface area contributed by atoms with Crippen molar-refractivity contribution < 1.29 is 9.53 Å². The van der Waals surface area contributed by atoms with E-state index in [-0.39, 0.29) is 11.9 Å². The number of carbonyl (C=O) groups is 1. The summed E-state index contributed by atoms with van der Waals surface area (Å²) in [5, 5.41) is 5.67. The van der Waals surface area contributed by atoms with Crippen LogP contribution in [0.15, 0.2) is 54.7 Å². The van der Waals surface area contributed by atoms with Crippen molar-refractivity contribution in [2.75, 3.05) is 7.11 Å². The average molecular weight is 387 g/mol. The first-order valence-electron chi connectivity index (χ1n) is 10.2. The molecule has 1 amide bonds. The van der Waals surface area contributed by atoms with Gasteiger partial charge in [-0.3, -0.25) is 4.79 Å². The predicted molar refractivity (Wildman–Crippen MR) is 115 cm³/mol. The van der Waals surface area contributed by atoms with Crippen LogP contribution in [0, 0.1) is 0 Å². The molecule has 0 saturated heterocycles. The fraction of sp³-hybridized carbons (Fsp3) is 0.292. The van der Waals surface area contributed by atoms with Crippen molar-refractivity contribution in [2.45, 2.75) is 38.3 Å². The second-order valence-electron chi connectivity index (χ2n) is 7.76. The Morgan fingerprint density at radius 2 is 2.14 bits per heavy atom. The summed E-state index contributed by atoms with van der Waals surface area (Å²) in [6, 6.07) is 16.5. The van der Waals surface area contributed by atoms with Crippen LogP contribution in [0.2, 0.25) is 0 Å². The molecule has 2 aromatic carbocycles. The van der Waals surface area contributed by atoms with Gasteiger partial charge in [-0.15, -0.1) is 0 Å². The predicted octanol–water partition coefficient (Wildman–Crippen LogP) is 4.72. The summed E-state index contributed by atoms with van der Waals surface area (Å²) in [4.78, 5) is 16.3. The van der Waals surface area contributed by atoms with E-state index >= 15 is 0 Å². The van der Waals surface area contributed by atoms with Gasteiger partial charge in [-0.1, -0.05) is 18.2 Å². The average Bonchev–Trinajstić information content (AvgIpc) is 3.34. The highest BCUT2D eigenvalue weighted by molar-refractivity contribution is 5.87. The van der Waals surface area contributed by atoms with Crippen molar-refractivity contribution in [3.8, 4) is 5.75 Å². The summed E-state index contributed by atoms with van der Waals surface area (Å²) >= 11 is 0. The first-order valence-corrected chi connectivity index (χ1v) is 10.2. The zero-order valence-corrected chi connectivity index (χ0v) is 16.6. The van der Waals surface area contributed by atoms with Crippen LogP contribution in [0.1, 0.15) is 36.6 Å². The van der Waals surface area contributed by atoms with E-state index in [2.05, 4.69) is 51.4 Å². The SMILES string of the molecule is COc1ccc2[nH]c3c(c2c1)CCCC3NC(=O)CCn1ccc2ccccc21. The summed E-state index contributed by atoms with van der Waals surface area (Å²) in [5.41, 5.74) is 4.74. The first kappa shape index (κ1) is 17.9. The Bertz CT molecular complexity index is 1190. The molecule has 0 saturated carbocycles. The van der Waals surface area contributed by atoms with Crippen LogP contribution in [-0.4, -0.2) is 22.6 Å². The quantitative estimate of drug-likeness (QED) is 0.521. The molecule has 1 aliphatic rings. The van der Waals surface area contributed by atoms with Crippen LogP contribution in [-0.2, 0) is 17.8 Å². The zero-order valence-electron chi connectivity index (χ0n) is 16.6. The van der Waals surface area contributed by atoms with Gasteiger partial charge < -0.3 is 19.6 Å². The molecule has 0 fully saturated rings. The van der Waals surface area contributed by atoms with Gasteiger partial charge in [0.1, 0.15) is 5.75 Å². The van der Waals surface area contributed by atoms with E-state index in [1.54, 1.807) is 7.11 Å². The number of ether oxygens (including phenoxy) is 1. The minimum absolute atomic E-state index is 0.0473. The number of nitrogens with zero attached hydrogens (tertiary/aromatic N) is 1. The maximum atomic E-state index is 12.7. The van der Waals surface area contributed by atoms with Gasteiger partial charge in [0.25, 0.3) is 0 Å². The Morgan fingerprint density at radius 1 is 1.24 bits per heavy atom. The number of rotatable bonds is 5. The van der Waals surface area contributed by atoms with E-state index in [0.717, 1.165) is 36.2 Å². The lowest BCUT2D eigenvalue weighted by atomic mass is 9.91. The minimum Gasteiger partial charge on any atom is -0.497 e. The number of hydrogen-bond acceptors (Lipinski definition) is 2. The van der Waals surface area contributed by atoms with Crippen molar-refractivity contribution in [3.05, 3.63) is 66.0 Å². The van der Waals surface area contributed by atoms with E-state index in [1.807, 2.05) is 18.2 Å². The molecule has 0 aliphatic heterocycles. The largest absolute Gasteiger partial charge is 0.497 e. The van der Waals surface area contributed by atoms with Gasteiger partial charge in [-0.2, -0.15) is 0 Å². The molecule has 2 aromatic heterocycles. The molecule has 0 spiro atoms. The molecule has 0 bridgehead atoms. The lowest BCUT2D eigenvalue weighted by Crippen LogP contribution is -2.31. The Hall–Kier alpha value is -3.21. The number of benzene rings is 2. The van der Waals surface area contributed by atoms with Gasteiger partial charge in [0, 0.05) is 41.3 Å². The van der Waals surface area contributed by atoms with E-state index in [1.165, 1.54) is 21.9 Å². The van der Waals surface area contributed by atoms with Gasteiger partial charge in [0.05, 0.1) is 13.2 Å². The molecule has 5 heteroatoms. The Balaban J connectivity index is 1.31. The normalized spacial score (nSPS) is 16.1. The smallest absolute Gasteiger partial charge is 0.222 e. The van der Waals surface area contributed by atoms with Crippen molar-refractivity contribution >= 4 is 27.7 Å². The van der Waals surface area contributed by atoms with Crippen LogP contribution in [0.5, 0.6) is 5.75 Å². The number of para-hydroxylation sites is 1. The van der Waals surface area contributed by atoms with E-state index in [0.29, 0.717) is 13.0 Å². The molecule has 29 heavy (non-hydrogen) atoms. The van der Waals surface area contributed by atoms with Crippen LogP contribution in [0.25, 0.3) is 21.8 Å². The van der Waals surface area contributed by atoms with Gasteiger partial charge in [0.15, 0.2) is 0 Å². The van der Waals surface area contributed by atoms with Crippen molar-refractivity contribution in [2.24, 2.45) is 0 Å². The number of nitrogens with one attached hydrogen (secondary N) is 2. The van der Waals surface area contributed by atoms with Crippen molar-refractivity contribution in [1.82, 2.24) is 14.9 Å². The molecule has 1 aliphatic carbocycles. The molecule has 148 valence electrons. The van der Waals surface area contributed by atoms with E-state index in [4.69, 9.17) is 4.74 Å². The lowest BCUT2D eigenvalue weighted by molar-refractivity contribution is -0.122. The maximum Gasteiger partial charge on any atom is 0.222 e. The van der Waals surface area contributed by atoms with Crippen molar-refractivity contribution in [1.29, 1.82) is 0 Å². The summed E-state index contributed by atoms with van der Waals surface area (Å²) in [6.07, 6.45) is 5.60. The van der Waals surface area contributed by atoms with Gasteiger partial charge in [-0.05, 0) is 60.5 Å². The van der Waals surface area contributed by atoms with Crippen LogP contribution >= 0.6 is 0 Å². The van der Waals surface area contributed by atoms with Crippen LogP contribution < -0.4 is 10.1 Å². The van der Waals surface area contributed by atoms with E-state index < -0.39 is 0 Å². The number of hydrogen-bond donors (Lipinski definition) is 2. The summed E-state index contributed by atoms with van der Waals surface area (Å²) in [6.45, 7) is 0.683. The molecular weight excluding hydrogens is 362 g/mol. The summed E-state index contributed by atoms with van der Waals surface area (Å²) in [7, 11) is 1.69. The number of amides is 1. The highest BCUT2D eigenvalue weighted by atomic mass is 16.5. The number of fused-ring (bicyclic) bond motifs is 4. The second kappa shape index (κ2) is 7.32. The molecule has 1 atom stereocenters. The Morgan fingerprint density at radius 3 is 3.03 bits per heavy atom. The Kier molecular flexibility index (Phi) is 4.51. The fourth-order valence-electron chi connectivity index (χ4n) is 4.54. The number of aromatic nitrogens is 2. The molecule has 0 radical (unpaired) electrons. The molecular formula is C24H25N3O2. The first-order chi connectivity index (χ1) is 14.2. The van der Waals surface area contributed by atoms with E-state index in [9.17, 15) is 4.79 Å². The molecule has 4 aromatic rings. The zero-order chi connectivity index (χ0) is 19.8. The number of methoxy groups -OCH3 is 1. The number of aryl methyl sites for hydroxylation is 2. The van der Waals surface area contributed by atoms with Gasteiger partial charge in [-0.25, -0.2) is 0 Å². The number of H-pyrrole nitrogens is 1. The van der Waals surface area contributed by atoms with Gasteiger partial charge in [0.2, 0.25) is 5.91 Å². The van der Waals surface area contributed by atoms with Crippen molar-refractivity contribution in [3.63, 3.8) is 0 Å². The molecule has 5 rings (SSSR count). The van der Waals surface area contributed by atoms with Gasteiger partial charge >= 0.3 is 0 Å². The number of aromatic amines is 1. The molecule has 2 heterocycles. The molecule has 5 nitrogen and oxygen atoms in total. The third-order valence-corrected chi connectivity index (χ3v) is 6.01. The second-order valence-corrected chi connectivity index (χ2v) is 7.76. The standard InChI is InChI=1S/C24H25N3O2/c1-29-17-9-10-20-19(15-17)18-6-4-7-21(24(18)26-20)25-23(28)12-14-27-13-11-16-5-2-3-8-22(16)27/h2-3,5,8-11,13,15,21,26H,4,6-7,12,14H2,1H3,(H,25,28). The minimum atomic E-state index is 0.0473. The highest BCUT2D eigenvalue weighted by Gasteiger charge is 2.25. The van der Waals surface area contributed by atoms with Crippen LogP contribution in [0.3, 0.4) is 0 Å². The van der Waals surface area contributed by atoms with Crippen LogP contribution in [0.4, 0.5) is 0 Å². The summed E-state index contributed by atoms with van der Waals surface area (Å²) < 4.78 is 7.54. The Labute approximate surface area is 169 Å². The highest BCUT2D eigenvalue weighted by Crippen LogP contribution is 2.36. The molecule has 2 N–H and O–H groups in total. The summed E-state index contributed by atoms with van der Waals surface area (Å²) in [5.74, 6) is 0.960. The maximum absolute atomic E-state index is 12.7. The monoisotopic (exact) mass is 387 g/mol. The fourth-order valence-corrected chi connectivity index (χ4v) is 4.54.